The Bertz CT molecular complexity index is 1460. The van der Waals surface area contributed by atoms with Crippen molar-refractivity contribution >= 4 is 23.3 Å². The third-order valence-electron chi connectivity index (χ3n) is 6.54. The highest BCUT2D eigenvalue weighted by Gasteiger charge is 2.23. The average Bonchev–Trinajstić information content (AvgIpc) is 3.48. The summed E-state index contributed by atoms with van der Waals surface area (Å²) in [5.41, 5.74) is 2.65. The first-order valence-electron chi connectivity index (χ1n) is 12.6. The zero-order chi connectivity index (χ0) is 26.2. The number of amides is 1. The monoisotopic (exact) mass is 504 g/mol. The Labute approximate surface area is 214 Å². The molecule has 0 unspecified atom stereocenters. The maximum absolute atomic E-state index is 12.6. The van der Waals surface area contributed by atoms with Gasteiger partial charge in [0.15, 0.2) is 17.1 Å². The number of fused-ring (bicyclic) bond motifs is 1. The highest BCUT2D eigenvalue weighted by atomic mass is 16.6. The van der Waals surface area contributed by atoms with Crippen molar-refractivity contribution in [1.82, 2.24) is 34.7 Å². The topological polar surface area (TPSA) is 135 Å². The van der Waals surface area contributed by atoms with Gasteiger partial charge in [0.05, 0.1) is 11.9 Å². The van der Waals surface area contributed by atoms with E-state index in [1.54, 1.807) is 38.6 Å². The third kappa shape index (κ3) is 5.40. The summed E-state index contributed by atoms with van der Waals surface area (Å²) < 4.78 is 7.10. The van der Waals surface area contributed by atoms with E-state index >= 15 is 0 Å². The van der Waals surface area contributed by atoms with Gasteiger partial charge in [-0.15, -0.1) is 5.10 Å². The lowest BCUT2D eigenvalue weighted by molar-refractivity contribution is 0.0587. The van der Waals surface area contributed by atoms with Gasteiger partial charge in [-0.3, -0.25) is 14.6 Å². The Morgan fingerprint density at radius 2 is 1.81 bits per heavy atom. The molecule has 1 aliphatic carbocycles. The van der Waals surface area contributed by atoms with Crippen LogP contribution in [0.5, 0.6) is 0 Å². The summed E-state index contributed by atoms with van der Waals surface area (Å²) in [6.45, 7) is 6.08. The summed E-state index contributed by atoms with van der Waals surface area (Å²) in [6, 6.07) is 7.62. The number of carbonyl (C=O) groups is 1. The molecular weight excluding hydrogens is 472 g/mol. The predicted octanol–water partition coefficient (Wildman–Crippen LogP) is 4.52. The van der Waals surface area contributed by atoms with Crippen molar-refractivity contribution in [1.29, 1.82) is 0 Å². The van der Waals surface area contributed by atoms with Gasteiger partial charge in [0.2, 0.25) is 0 Å². The molecule has 37 heavy (non-hydrogen) atoms. The third-order valence-corrected chi connectivity index (χ3v) is 6.54. The van der Waals surface area contributed by atoms with Crippen molar-refractivity contribution < 1.29 is 9.53 Å². The zero-order valence-electron chi connectivity index (χ0n) is 21.6. The van der Waals surface area contributed by atoms with Gasteiger partial charge in [0.1, 0.15) is 5.60 Å². The molecule has 3 heterocycles. The fourth-order valence-corrected chi connectivity index (χ4v) is 4.60. The van der Waals surface area contributed by atoms with Crippen molar-refractivity contribution in [3.8, 4) is 22.6 Å². The number of anilines is 1. The van der Waals surface area contributed by atoms with E-state index in [4.69, 9.17) is 9.72 Å². The van der Waals surface area contributed by atoms with Crippen molar-refractivity contribution in [3.63, 3.8) is 0 Å². The Hall–Kier alpha value is -4.02. The summed E-state index contributed by atoms with van der Waals surface area (Å²) in [5.74, 6) is 1.23. The molecule has 0 bridgehead atoms. The fourth-order valence-electron chi connectivity index (χ4n) is 4.60. The van der Waals surface area contributed by atoms with Gasteiger partial charge in [0.25, 0.3) is 5.95 Å². The SMILES string of the molecule is CN(C(=O)OC(C)(C)C)c1n[nH]c(-c2ccc(-c3cnc4[nH]c(=O)n(CC5CCCCC5)c4n3)cc2)n1. The van der Waals surface area contributed by atoms with Gasteiger partial charge in [-0.2, -0.15) is 4.98 Å². The minimum atomic E-state index is -0.614. The molecule has 11 nitrogen and oxygen atoms in total. The highest BCUT2D eigenvalue weighted by molar-refractivity contribution is 5.85. The van der Waals surface area contributed by atoms with E-state index in [0.717, 1.165) is 24.0 Å². The van der Waals surface area contributed by atoms with Crippen molar-refractivity contribution in [2.45, 2.75) is 65.0 Å². The molecule has 0 radical (unpaired) electrons. The smallest absolute Gasteiger partial charge is 0.416 e. The number of aromatic nitrogens is 7. The number of carbonyl (C=O) groups excluding carboxylic acids is 1. The summed E-state index contributed by atoms with van der Waals surface area (Å²) >= 11 is 0. The normalized spacial score (nSPS) is 14.7. The number of rotatable bonds is 5. The number of nitrogens with one attached hydrogen (secondary N) is 2. The minimum Gasteiger partial charge on any atom is -0.443 e. The number of nitrogens with zero attached hydrogens (tertiary/aromatic N) is 6. The molecule has 5 rings (SSSR count). The first-order valence-corrected chi connectivity index (χ1v) is 12.6. The van der Waals surface area contributed by atoms with Crippen molar-refractivity contribution in [2.75, 3.05) is 11.9 Å². The van der Waals surface area contributed by atoms with Crippen LogP contribution in [0.3, 0.4) is 0 Å². The van der Waals surface area contributed by atoms with Crippen LogP contribution < -0.4 is 10.6 Å². The van der Waals surface area contributed by atoms with E-state index in [1.807, 2.05) is 24.3 Å². The molecule has 1 amide bonds. The van der Waals surface area contributed by atoms with Gasteiger partial charge in [0, 0.05) is 24.7 Å². The van der Waals surface area contributed by atoms with Crippen molar-refractivity contribution in [2.24, 2.45) is 5.92 Å². The van der Waals surface area contributed by atoms with Crippen LogP contribution in [0, 0.1) is 5.92 Å². The Morgan fingerprint density at radius 1 is 1.11 bits per heavy atom. The van der Waals surface area contributed by atoms with Crippen LogP contribution in [0.4, 0.5) is 10.7 Å². The summed E-state index contributed by atoms with van der Waals surface area (Å²) in [7, 11) is 1.56. The van der Waals surface area contributed by atoms with Crippen molar-refractivity contribution in [3.05, 3.63) is 40.9 Å². The van der Waals surface area contributed by atoms with E-state index < -0.39 is 11.7 Å². The van der Waals surface area contributed by atoms with Crippen LogP contribution in [0.2, 0.25) is 0 Å². The highest BCUT2D eigenvalue weighted by Crippen LogP contribution is 2.27. The largest absolute Gasteiger partial charge is 0.443 e. The molecule has 3 aromatic heterocycles. The molecule has 1 saturated carbocycles. The lowest BCUT2D eigenvalue weighted by Gasteiger charge is -2.22. The number of hydrogen-bond acceptors (Lipinski definition) is 7. The molecule has 0 spiro atoms. The van der Waals surface area contributed by atoms with Gasteiger partial charge in [-0.05, 0) is 39.5 Å². The Kier molecular flexibility index (Phi) is 6.53. The number of hydrogen-bond donors (Lipinski definition) is 2. The second-order valence-electron chi connectivity index (χ2n) is 10.6. The van der Waals surface area contributed by atoms with E-state index in [2.05, 4.69) is 25.1 Å². The van der Waals surface area contributed by atoms with E-state index in [-0.39, 0.29) is 11.6 Å². The van der Waals surface area contributed by atoms with Gasteiger partial charge >= 0.3 is 11.8 Å². The van der Waals surface area contributed by atoms with Crippen LogP contribution in [0.25, 0.3) is 33.9 Å². The summed E-state index contributed by atoms with van der Waals surface area (Å²) in [6.07, 6.45) is 7.13. The average molecular weight is 505 g/mol. The van der Waals surface area contributed by atoms with E-state index in [0.29, 0.717) is 35.3 Å². The maximum Gasteiger partial charge on any atom is 0.416 e. The number of aromatic amines is 2. The lowest BCUT2D eigenvalue weighted by atomic mass is 9.89. The van der Waals surface area contributed by atoms with Crippen LogP contribution in [-0.4, -0.2) is 53.4 Å². The van der Waals surface area contributed by atoms with Gasteiger partial charge in [-0.1, -0.05) is 43.5 Å². The minimum absolute atomic E-state index is 0.162. The molecule has 4 aromatic rings. The summed E-state index contributed by atoms with van der Waals surface area (Å²) in [5, 5.41) is 7.02. The predicted molar refractivity (Wildman–Crippen MR) is 140 cm³/mol. The second-order valence-corrected chi connectivity index (χ2v) is 10.6. The van der Waals surface area contributed by atoms with E-state index in [9.17, 15) is 9.59 Å². The molecule has 0 atom stereocenters. The van der Waals surface area contributed by atoms with Crippen LogP contribution >= 0.6 is 0 Å². The number of H-pyrrole nitrogens is 2. The van der Waals surface area contributed by atoms with Gasteiger partial charge < -0.3 is 4.74 Å². The first-order chi connectivity index (χ1) is 17.7. The molecule has 1 aromatic carbocycles. The molecule has 1 fully saturated rings. The number of ether oxygens (including phenoxy) is 1. The fraction of sp³-hybridized carbons (Fsp3) is 0.462. The molecule has 0 saturated heterocycles. The van der Waals surface area contributed by atoms with Crippen LogP contribution in [0.1, 0.15) is 52.9 Å². The zero-order valence-corrected chi connectivity index (χ0v) is 21.6. The van der Waals surface area contributed by atoms with Gasteiger partial charge in [-0.25, -0.2) is 24.5 Å². The Balaban J connectivity index is 1.35. The number of imidazole rings is 1. The molecule has 11 heteroatoms. The quantitative estimate of drug-likeness (QED) is 0.408. The molecule has 1 aliphatic rings. The molecule has 2 N–H and O–H groups in total. The summed E-state index contributed by atoms with van der Waals surface area (Å²) in [4.78, 5) is 42.7. The van der Waals surface area contributed by atoms with E-state index in [1.165, 1.54) is 24.2 Å². The molecule has 0 aliphatic heterocycles. The first kappa shape index (κ1) is 24.7. The lowest BCUT2D eigenvalue weighted by Crippen LogP contribution is -2.34. The molecule has 194 valence electrons. The standard InChI is InChI=1S/C26H32N8O3/c1-26(2,3)37-25(36)33(4)23-29-20(31-32-23)18-12-10-17(11-13-18)19-14-27-21-22(28-19)34(24(35)30-21)15-16-8-6-5-7-9-16/h10-14,16H,5-9,15H2,1-4H3,(H,27,30,35)(H,29,31,32). The molecular formula is C26H32N8O3. The Morgan fingerprint density at radius 3 is 2.51 bits per heavy atom. The maximum atomic E-state index is 12.6. The van der Waals surface area contributed by atoms with Crippen LogP contribution in [0.15, 0.2) is 35.3 Å². The van der Waals surface area contributed by atoms with Crippen LogP contribution in [-0.2, 0) is 11.3 Å². The second kappa shape index (κ2) is 9.79. The number of benzene rings is 1.